The Morgan fingerprint density at radius 3 is 2.26 bits per heavy atom. The number of likely N-dealkylation sites (tertiary alicyclic amines) is 1. The van der Waals surface area contributed by atoms with Crippen LogP contribution in [0.25, 0.3) is 0 Å². The number of hydrogen-bond donors (Lipinski definition) is 2. The molecule has 0 bridgehead atoms. The molecule has 3 rings (SSSR count). The van der Waals surface area contributed by atoms with E-state index in [1.807, 2.05) is 25.1 Å². The Balaban J connectivity index is 1.37. The highest BCUT2D eigenvalue weighted by Gasteiger charge is 2.25. The van der Waals surface area contributed by atoms with E-state index in [1.54, 1.807) is 41.3 Å². The number of amides is 3. The molecule has 1 heterocycles. The number of nitrogens with zero attached hydrogens (tertiary/aromatic N) is 1. The van der Waals surface area contributed by atoms with Gasteiger partial charge in [-0.3, -0.25) is 9.59 Å². The predicted molar refractivity (Wildman–Crippen MR) is 116 cm³/mol. The Kier molecular flexibility index (Phi) is 7.86. The Hall–Kier alpha value is -3.55. The van der Waals surface area contributed by atoms with Gasteiger partial charge in [0.2, 0.25) is 0 Å². The molecule has 0 aliphatic carbocycles. The van der Waals surface area contributed by atoms with Crippen molar-refractivity contribution in [3.05, 3.63) is 54.6 Å². The zero-order valence-corrected chi connectivity index (χ0v) is 17.5. The zero-order valence-electron chi connectivity index (χ0n) is 17.5. The highest BCUT2D eigenvalue weighted by atomic mass is 16.6. The fraction of sp³-hybridized carbons (Fsp3) is 0.348. The number of carbonyl (C=O) groups excluding carboxylic acids is 3. The lowest BCUT2D eigenvalue weighted by Gasteiger charge is -2.31. The second-order valence-corrected chi connectivity index (χ2v) is 7.23. The first-order valence-electron chi connectivity index (χ1n) is 10.4. The van der Waals surface area contributed by atoms with Gasteiger partial charge in [0.15, 0.2) is 0 Å². The van der Waals surface area contributed by atoms with Crippen molar-refractivity contribution in [2.24, 2.45) is 5.92 Å². The minimum atomic E-state index is -0.715. The number of nitrogens with one attached hydrogen (secondary N) is 2. The van der Waals surface area contributed by atoms with Gasteiger partial charge in [0.25, 0.3) is 0 Å². The average Bonchev–Trinajstić information content (AvgIpc) is 2.80. The molecule has 2 N–H and O–H groups in total. The van der Waals surface area contributed by atoms with Crippen molar-refractivity contribution in [2.75, 3.05) is 31.6 Å². The van der Waals surface area contributed by atoms with Crippen LogP contribution in [0.15, 0.2) is 54.6 Å². The summed E-state index contributed by atoms with van der Waals surface area (Å²) in [5.74, 6) is 0.0141. The molecule has 1 aliphatic rings. The van der Waals surface area contributed by atoms with E-state index in [4.69, 9.17) is 9.47 Å². The molecule has 0 spiro atoms. The molecule has 2 aromatic carbocycles. The minimum absolute atomic E-state index is 0.197. The van der Waals surface area contributed by atoms with E-state index in [0.717, 1.165) is 12.8 Å². The van der Waals surface area contributed by atoms with Crippen LogP contribution in [0, 0.1) is 5.92 Å². The fourth-order valence-corrected chi connectivity index (χ4v) is 3.28. The molecule has 1 saturated heterocycles. The molecule has 0 saturated carbocycles. The van der Waals surface area contributed by atoms with Crippen LogP contribution in [-0.4, -0.2) is 49.0 Å². The summed E-state index contributed by atoms with van der Waals surface area (Å²) in [5, 5.41) is 5.25. The van der Waals surface area contributed by atoms with Crippen LogP contribution in [0.2, 0.25) is 0 Å². The fourth-order valence-electron chi connectivity index (χ4n) is 3.28. The van der Waals surface area contributed by atoms with Crippen molar-refractivity contribution in [2.45, 2.75) is 19.8 Å². The first-order valence-corrected chi connectivity index (χ1v) is 10.4. The summed E-state index contributed by atoms with van der Waals surface area (Å²) in [6, 6.07) is 15.8. The molecule has 0 unspecified atom stereocenters. The standard InChI is InChI=1S/C23H27N3O5/c1-2-30-19-10-8-18(9-11-19)25-22(28)21(27)24-16-17-12-14-26(15-13-17)23(29)31-20-6-4-3-5-7-20/h3-11,17H,2,12-16H2,1H3,(H,24,27)(H,25,28). The molecular weight excluding hydrogens is 398 g/mol. The van der Waals surface area contributed by atoms with Gasteiger partial charge in [0.05, 0.1) is 6.61 Å². The number of piperidine rings is 1. The number of anilines is 1. The normalized spacial score (nSPS) is 13.9. The van der Waals surface area contributed by atoms with Crippen LogP contribution < -0.4 is 20.1 Å². The van der Waals surface area contributed by atoms with Gasteiger partial charge < -0.3 is 25.0 Å². The number of carbonyl (C=O) groups is 3. The van der Waals surface area contributed by atoms with Gasteiger partial charge in [0, 0.05) is 25.3 Å². The largest absolute Gasteiger partial charge is 0.494 e. The highest BCUT2D eigenvalue weighted by molar-refractivity contribution is 6.39. The van der Waals surface area contributed by atoms with Gasteiger partial charge >= 0.3 is 17.9 Å². The Labute approximate surface area is 181 Å². The summed E-state index contributed by atoms with van der Waals surface area (Å²) in [6.45, 7) is 3.92. The summed E-state index contributed by atoms with van der Waals surface area (Å²) in [7, 11) is 0. The topological polar surface area (TPSA) is 97.0 Å². The van der Waals surface area contributed by atoms with E-state index in [1.165, 1.54) is 0 Å². The van der Waals surface area contributed by atoms with Gasteiger partial charge in [-0.15, -0.1) is 0 Å². The monoisotopic (exact) mass is 425 g/mol. The average molecular weight is 425 g/mol. The van der Waals surface area contributed by atoms with Crippen LogP contribution >= 0.6 is 0 Å². The third kappa shape index (κ3) is 6.74. The van der Waals surface area contributed by atoms with Crippen molar-refractivity contribution in [1.82, 2.24) is 10.2 Å². The minimum Gasteiger partial charge on any atom is -0.494 e. The Morgan fingerprint density at radius 1 is 0.935 bits per heavy atom. The van der Waals surface area contributed by atoms with Crippen LogP contribution in [0.1, 0.15) is 19.8 Å². The van der Waals surface area contributed by atoms with Crippen LogP contribution in [0.3, 0.4) is 0 Å². The quantitative estimate of drug-likeness (QED) is 0.694. The van der Waals surface area contributed by atoms with E-state index in [0.29, 0.717) is 43.4 Å². The maximum atomic E-state index is 12.2. The molecule has 8 nitrogen and oxygen atoms in total. The van der Waals surface area contributed by atoms with Crippen molar-refractivity contribution < 1.29 is 23.9 Å². The molecule has 31 heavy (non-hydrogen) atoms. The van der Waals surface area contributed by atoms with Gasteiger partial charge in [-0.1, -0.05) is 18.2 Å². The molecule has 1 aliphatic heterocycles. The maximum Gasteiger partial charge on any atom is 0.415 e. The van der Waals surface area contributed by atoms with Crippen molar-refractivity contribution >= 4 is 23.6 Å². The second kappa shape index (κ2) is 11.0. The van der Waals surface area contributed by atoms with Crippen molar-refractivity contribution in [3.63, 3.8) is 0 Å². The molecule has 2 aromatic rings. The number of benzene rings is 2. The molecule has 0 radical (unpaired) electrons. The van der Waals surface area contributed by atoms with Crippen LogP contribution in [0.5, 0.6) is 11.5 Å². The lowest BCUT2D eigenvalue weighted by Crippen LogP contribution is -2.44. The smallest absolute Gasteiger partial charge is 0.415 e. The first kappa shape index (κ1) is 22.1. The molecular formula is C23H27N3O5. The molecule has 1 fully saturated rings. The summed E-state index contributed by atoms with van der Waals surface area (Å²) >= 11 is 0. The van der Waals surface area contributed by atoms with Gasteiger partial charge in [-0.25, -0.2) is 4.79 Å². The number of rotatable bonds is 6. The van der Waals surface area contributed by atoms with Crippen molar-refractivity contribution in [1.29, 1.82) is 0 Å². The first-order chi connectivity index (χ1) is 15.0. The number of para-hydroxylation sites is 1. The van der Waals surface area contributed by atoms with Crippen LogP contribution in [-0.2, 0) is 9.59 Å². The predicted octanol–water partition coefficient (Wildman–Crippen LogP) is 3.05. The van der Waals surface area contributed by atoms with E-state index in [2.05, 4.69) is 10.6 Å². The van der Waals surface area contributed by atoms with Gasteiger partial charge in [-0.2, -0.15) is 0 Å². The summed E-state index contributed by atoms with van der Waals surface area (Å²) in [4.78, 5) is 38.1. The van der Waals surface area contributed by atoms with Gasteiger partial charge in [-0.05, 0) is 62.1 Å². The zero-order chi connectivity index (χ0) is 22.1. The van der Waals surface area contributed by atoms with E-state index in [9.17, 15) is 14.4 Å². The van der Waals surface area contributed by atoms with E-state index in [-0.39, 0.29) is 12.0 Å². The molecule has 164 valence electrons. The summed E-state index contributed by atoms with van der Waals surface area (Å²) in [5.41, 5.74) is 0.522. The van der Waals surface area contributed by atoms with E-state index < -0.39 is 11.8 Å². The molecule has 8 heteroatoms. The molecule has 0 atom stereocenters. The summed E-state index contributed by atoms with van der Waals surface area (Å²) in [6.07, 6.45) is 1.08. The van der Waals surface area contributed by atoms with Crippen molar-refractivity contribution in [3.8, 4) is 11.5 Å². The highest BCUT2D eigenvalue weighted by Crippen LogP contribution is 2.19. The SMILES string of the molecule is CCOc1ccc(NC(=O)C(=O)NCC2CCN(C(=O)Oc3ccccc3)CC2)cc1. The number of hydrogen-bond acceptors (Lipinski definition) is 5. The summed E-state index contributed by atoms with van der Waals surface area (Å²) < 4.78 is 10.7. The second-order valence-electron chi connectivity index (χ2n) is 7.23. The third-order valence-electron chi connectivity index (χ3n) is 5.00. The molecule has 0 aromatic heterocycles. The Morgan fingerprint density at radius 2 is 1.61 bits per heavy atom. The van der Waals surface area contributed by atoms with Crippen LogP contribution in [0.4, 0.5) is 10.5 Å². The Bertz CT molecular complexity index is 878. The lowest BCUT2D eigenvalue weighted by atomic mass is 9.97. The van der Waals surface area contributed by atoms with E-state index >= 15 is 0 Å². The molecule has 3 amide bonds. The maximum absolute atomic E-state index is 12.2. The third-order valence-corrected chi connectivity index (χ3v) is 5.00. The number of ether oxygens (including phenoxy) is 2. The lowest BCUT2D eigenvalue weighted by molar-refractivity contribution is -0.136. The van der Waals surface area contributed by atoms with Gasteiger partial charge in [0.1, 0.15) is 11.5 Å².